The second kappa shape index (κ2) is 6.44. The number of ether oxygens (including phenoxy) is 2. The highest BCUT2D eigenvalue weighted by Gasteiger charge is 2.12. The van der Waals surface area contributed by atoms with E-state index >= 15 is 0 Å². The molecule has 3 heteroatoms. The third-order valence-corrected chi connectivity index (χ3v) is 1.48. The van der Waals surface area contributed by atoms with E-state index in [2.05, 4.69) is 6.58 Å². The van der Waals surface area contributed by atoms with Gasteiger partial charge in [-0.2, -0.15) is 0 Å². The average molecular weight is 156 g/mol. The van der Waals surface area contributed by atoms with E-state index in [1.165, 1.54) is 0 Å². The van der Waals surface area contributed by atoms with Crippen LogP contribution in [0.3, 0.4) is 0 Å². The molecule has 0 amide bonds. The van der Waals surface area contributed by atoms with Crippen molar-refractivity contribution in [1.82, 2.24) is 0 Å². The summed E-state index contributed by atoms with van der Waals surface area (Å²) in [5, 5.41) is 0. The molecule has 2 atom stereocenters. The summed E-state index contributed by atoms with van der Waals surface area (Å²) in [6.07, 6.45) is 1.81. The Labute approximate surface area is 70.0 Å². The van der Waals surface area contributed by atoms with Crippen molar-refractivity contribution in [3.8, 4) is 0 Å². The first kappa shape index (κ1) is 10.7. The second-order valence-corrected chi connectivity index (χ2v) is 2.32. The van der Waals surface area contributed by atoms with Crippen molar-refractivity contribution in [3.05, 3.63) is 12.7 Å². The normalized spacial score (nSPS) is 15.8. The van der Waals surface area contributed by atoms with Gasteiger partial charge < -0.3 is 9.47 Å². The summed E-state index contributed by atoms with van der Waals surface area (Å²) >= 11 is 0. The smallest absolute Gasteiger partial charge is 0.143 e. The third kappa shape index (κ3) is 4.22. The van der Waals surface area contributed by atoms with Gasteiger partial charge in [0.25, 0.3) is 0 Å². The van der Waals surface area contributed by atoms with Crippen LogP contribution in [0.25, 0.3) is 0 Å². The van der Waals surface area contributed by atoms with Crippen molar-refractivity contribution in [2.45, 2.75) is 26.0 Å². The zero-order valence-corrected chi connectivity index (χ0v) is 7.67. The van der Waals surface area contributed by atoms with Crippen molar-refractivity contribution in [3.63, 3.8) is 0 Å². The lowest BCUT2D eigenvalue weighted by Gasteiger charge is -2.20. The van der Waals surface area contributed by atoms with E-state index < -0.39 is 0 Å². The largest absolute Gasteiger partial charge is 0.385 e. The zero-order valence-electron chi connectivity index (χ0n) is 7.67. The van der Waals surface area contributed by atoms with Crippen LogP contribution in [-0.2, 0) is 9.47 Å². The van der Waals surface area contributed by atoms with Gasteiger partial charge in [0.1, 0.15) is 7.85 Å². The third-order valence-electron chi connectivity index (χ3n) is 1.48. The van der Waals surface area contributed by atoms with Gasteiger partial charge in [-0.1, -0.05) is 6.08 Å². The minimum atomic E-state index is 0.0277. The predicted molar refractivity (Wildman–Crippen MR) is 49.6 cm³/mol. The van der Waals surface area contributed by atoms with Crippen LogP contribution in [0, 0.1) is 0 Å². The van der Waals surface area contributed by atoms with E-state index in [4.69, 9.17) is 9.47 Å². The number of hydrogen-bond acceptors (Lipinski definition) is 2. The number of hydrogen-bond donors (Lipinski definition) is 0. The molecule has 0 aliphatic carbocycles. The van der Waals surface area contributed by atoms with E-state index in [1.54, 1.807) is 6.08 Å². The van der Waals surface area contributed by atoms with E-state index in [0.717, 1.165) is 6.61 Å². The van der Waals surface area contributed by atoms with Gasteiger partial charge >= 0.3 is 0 Å². The Balaban J connectivity index is 3.70. The van der Waals surface area contributed by atoms with Crippen molar-refractivity contribution < 1.29 is 9.47 Å². The summed E-state index contributed by atoms with van der Waals surface area (Å²) in [4.78, 5) is 0. The quantitative estimate of drug-likeness (QED) is 0.413. The number of rotatable bonds is 6. The lowest BCUT2D eigenvalue weighted by Crippen LogP contribution is -2.30. The Kier molecular flexibility index (Phi) is 6.28. The van der Waals surface area contributed by atoms with Crippen LogP contribution in [-0.4, -0.2) is 33.2 Å². The molecule has 0 bridgehead atoms. The van der Waals surface area contributed by atoms with E-state index in [0.29, 0.717) is 6.61 Å². The molecule has 1 unspecified atom stereocenters. The standard InChI is InChI=1S/C8H17BO2/c1-4-7(10-5-2)8(9)11-6-3/h4,7-8H,1,5-6,9H2,2-3H3/t7-,8?/m0/s1. The Morgan fingerprint density at radius 2 is 1.91 bits per heavy atom. The molecule has 0 rings (SSSR count). The highest BCUT2D eigenvalue weighted by molar-refractivity contribution is 6.11. The summed E-state index contributed by atoms with van der Waals surface area (Å²) < 4.78 is 10.7. The molecule has 0 aliphatic heterocycles. The molecular formula is C8H17BO2. The molecule has 0 saturated heterocycles. The molecular weight excluding hydrogens is 139 g/mol. The average Bonchev–Trinajstić information content (AvgIpc) is 2.00. The van der Waals surface area contributed by atoms with Gasteiger partial charge in [-0.25, -0.2) is 0 Å². The summed E-state index contributed by atoms with van der Waals surface area (Å²) in [6, 6.07) is 0.109. The minimum absolute atomic E-state index is 0.0277. The molecule has 0 spiro atoms. The zero-order chi connectivity index (χ0) is 8.69. The van der Waals surface area contributed by atoms with Crippen LogP contribution in [0.2, 0.25) is 0 Å². The Bertz CT molecular complexity index is 106. The van der Waals surface area contributed by atoms with Gasteiger partial charge in [-0.3, -0.25) is 0 Å². The Morgan fingerprint density at radius 1 is 1.36 bits per heavy atom. The molecule has 2 nitrogen and oxygen atoms in total. The summed E-state index contributed by atoms with van der Waals surface area (Å²) in [5.74, 6) is 0. The molecule has 0 aromatic rings. The fraction of sp³-hybridized carbons (Fsp3) is 0.750. The molecule has 0 aliphatic rings. The Morgan fingerprint density at radius 3 is 2.27 bits per heavy atom. The van der Waals surface area contributed by atoms with Crippen LogP contribution in [0.4, 0.5) is 0 Å². The molecule has 0 aromatic heterocycles. The molecule has 0 N–H and O–H groups in total. The Hall–Kier alpha value is -0.275. The van der Waals surface area contributed by atoms with Crippen molar-refractivity contribution >= 4 is 7.85 Å². The van der Waals surface area contributed by atoms with Gasteiger partial charge in [-0.15, -0.1) is 6.58 Å². The molecule has 64 valence electrons. The van der Waals surface area contributed by atoms with Crippen LogP contribution in [0.15, 0.2) is 12.7 Å². The van der Waals surface area contributed by atoms with Gasteiger partial charge in [0.15, 0.2) is 0 Å². The van der Waals surface area contributed by atoms with Crippen LogP contribution < -0.4 is 0 Å². The maximum absolute atomic E-state index is 5.36. The second-order valence-electron chi connectivity index (χ2n) is 2.32. The summed E-state index contributed by atoms with van der Waals surface area (Å²) in [7, 11) is 1.99. The minimum Gasteiger partial charge on any atom is -0.385 e. The first-order valence-electron chi connectivity index (χ1n) is 4.12. The monoisotopic (exact) mass is 156 g/mol. The molecule has 0 radical (unpaired) electrons. The molecule has 11 heavy (non-hydrogen) atoms. The van der Waals surface area contributed by atoms with E-state index in [9.17, 15) is 0 Å². The first-order chi connectivity index (χ1) is 5.26. The molecule has 0 aromatic carbocycles. The lowest BCUT2D eigenvalue weighted by molar-refractivity contribution is -0.00475. The van der Waals surface area contributed by atoms with Crippen LogP contribution in [0.1, 0.15) is 13.8 Å². The predicted octanol–water partition coefficient (Wildman–Crippen LogP) is 0.573. The molecule has 0 heterocycles. The fourth-order valence-electron chi connectivity index (χ4n) is 0.945. The van der Waals surface area contributed by atoms with Gasteiger partial charge in [0.05, 0.1) is 12.1 Å². The van der Waals surface area contributed by atoms with Crippen LogP contribution >= 0.6 is 0 Å². The SMILES string of the molecule is BC(OCC)[C@H](C=C)OCC. The van der Waals surface area contributed by atoms with Crippen molar-refractivity contribution in [1.29, 1.82) is 0 Å². The summed E-state index contributed by atoms with van der Waals surface area (Å²) in [6.45, 7) is 9.04. The van der Waals surface area contributed by atoms with E-state index in [-0.39, 0.29) is 12.1 Å². The van der Waals surface area contributed by atoms with Gasteiger partial charge in [-0.05, 0) is 13.8 Å². The van der Waals surface area contributed by atoms with E-state index in [1.807, 2.05) is 21.7 Å². The lowest BCUT2D eigenvalue weighted by atomic mass is 9.94. The maximum Gasteiger partial charge on any atom is 0.143 e. The fourth-order valence-corrected chi connectivity index (χ4v) is 0.945. The van der Waals surface area contributed by atoms with Gasteiger partial charge in [0.2, 0.25) is 0 Å². The first-order valence-corrected chi connectivity index (χ1v) is 4.12. The maximum atomic E-state index is 5.36. The summed E-state index contributed by atoms with van der Waals surface area (Å²) in [5.41, 5.74) is 0. The van der Waals surface area contributed by atoms with Crippen molar-refractivity contribution in [2.75, 3.05) is 13.2 Å². The highest BCUT2D eigenvalue weighted by atomic mass is 16.5. The highest BCUT2D eigenvalue weighted by Crippen LogP contribution is 2.01. The van der Waals surface area contributed by atoms with Gasteiger partial charge in [0, 0.05) is 13.2 Å². The molecule has 0 saturated carbocycles. The van der Waals surface area contributed by atoms with Crippen molar-refractivity contribution in [2.24, 2.45) is 0 Å². The topological polar surface area (TPSA) is 18.5 Å². The molecule has 0 fully saturated rings. The van der Waals surface area contributed by atoms with Crippen LogP contribution in [0.5, 0.6) is 0 Å².